The van der Waals surface area contributed by atoms with Crippen LogP contribution in [0.5, 0.6) is 0 Å². The molecule has 4 aromatic heterocycles. The lowest BCUT2D eigenvalue weighted by Gasteiger charge is -2.15. The van der Waals surface area contributed by atoms with Gasteiger partial charge in [-0.1, -0.05) is 24.3 Å². The largest absolute Gasteiger partial charge is 0.264 e. The Morgan fingerprint density at radius 3 is 1.33 bits per heavy atom. The van der Waals surface area contributed by atoms with E-state index < -0.39 is 29.8 Å². The van der Waals surface area contributed by atoms with Crippen LogP contribution in [0.3, 0.4) is 0 Å². The molecule has 0 spiro atoms. The summed E-state index contributed by atoms with van der Waals surface area (Å²) in [6.45, 7) is 0. The Bertz CT molecular complexity index is 1590. The third kappa shape index (κ3) is 4.54. The van der Waals surface area contributed by atoms with Gasteiger partial charge in [0.1, 0.15) is 21.4 Å². The summed E-state index contributed by atoms with van der Waals surface area (Å²) in [7, 11) is -8.72. The molecule has 0 bridgehead atoms. The fourth-order valence-corrected chi connectivity index (χ4v) is 6.28. The number of benzene rings is 1. The van der Waals surface area contributed by atoms with Gasteiger partial charge in [0.2, 0.25) is 0 Å². The van der Waals surface area contributed by atoms with E-state index >= 15 is 0 Å². The molecule has 4 heterocycles. The molecule has 0 radical (unpaired) electrons. The van der Waals surface area contributed by atoms with Gasteiger partial charge < -0.3 is 0 Å². The number of hydrogen-bond donors (Lipinski definition) is 2. The van der Waals surface area contributed by atoms with Crippen LogP contribution in [0.25, 0.3) is 11.6 Å². The van der Waals surface area contributed by atoms with Gasteiger partial charge in [0.05, 0.1) is 12.4 Å². The molecule has 0 saturated carbocycles. The van der Waals surface area contributed by atoms with Gasteiger partial charge in [-0.3, -0.25) is 9.44 Å². The van der Waals surface area contributed by atoms with Crippen LogP contribution in [-0.4, -0.2) is 46.4 Å². The van der Waals surface area contributed by atoms with Crippen molar-refractivity contribution in [2.24, 2.45) is 0 Å². The van der Waals surface area contributed by atoms with E-state index in [9.17, 15) is 16.8 Å². The fourth-order valence-electron chi connectivity index (χ4n) is 3.36. The number of rotatable bonds is 8. The predicted molar refractivity (Wildman–Crippen MR) is 131 cm³/mol. The number of hydrogen-bond acceptors (Lipinski definition) is 8. The first-order valence-corrected chi connectivity index (χ1v) is 13.4. The molecule has 0 aliphatic rings. The minimum Gasteiger partial charge on any atom is -0.263 e. The summed E-state index contributed by atoms with van der Waals surface area (Å²) in [5.74, 6) is 0.931. The zero-order valence-corrected chi connectivity index (χ0v) is 20.0. The van der Waals surface area contributed by atoms with E-state index in [2.05, 4.69) is 29.6 Å². The quantitative estimate of drug-likeness (QED) is 0.315. The Hall–Kier alpha value is -4.56. The van der Waals surface area contributed by atoms with Crippen LogP contribution in [-0.2, 0) is 20.0 Å². The van der Waals surface area contributed by atoms with Crippen molar-refractivity contribution in [1.82, 2.24) is 29.5 Å². The zero-order chi connectivity index (χ0) is 25.2. The lowest BCUT2D eigenvalue weighted by atomic mass is 10.4. The van der Waals surface area contributed by atoms with Crippen molar-refractivity contribution >= 4 is 31.7 Å². The van der Waals surface area contributed by atoms with Crippen molar-refractivity contribution in [1.29, 1.82) is 0 Å². The molecular formula is C22H18N8O4S2. The lowest BCUT2D eigenvalue weighted by Crippen LogP contribution is -2.22. The third-order valence-electron chi connectivity index (χ3n) is 4.92. The highest BCUT2D eigenvalue weighted by Gasteiger charge is 2.28. The molecule has 0 unspecified atom stereocenters. The molecule has 0 aliphatic heterocycles. The summed E-state index contributed by atoms with van der Waals surface area (Å²) in [6, 6.07) is 18.3. The molecule has 12 nitrogen and oxygen atoms in total. The van der Waals surface area contributed by atoms with Gasteiger partial charge >= 0.3 is 0 Å². The van der Waals surface area contributed by atoms with Crippen molar-refractivity contribution < 1.29 is 16.8 Å². The molecule has 182 valence electrons. The molecule has 36 heavy (non-hydrogen) atoms. The summed E-state index contributed by atoms with van der Waals surface area (Å²) < 4.78 is 60.8. The zero-order valence-electron chi connectivity index (χ0n) is 18.4. The molecular weight excluding hydrogens is 504 g/mol. The SMILES string of the molecule is O=S(=O)(Nc1ccnn1-c1ccccn1)c1ccccc1S(=O)(=O)Nc1ccnn1-c1ccccn1. The monoisotopic (exact) mass is 522 g/mol. The van der Waals surface area contributed by atoms with Gasteiger partial charge in [0.15, 0.2) is 11.6 Å². The average Bonchev–Trinajstić information content (AvgIpc) is 3.54. The molecule has 0 aliphatic carbocycles. The van der Waals surface area contributed by atoms with Crippen LogP contribution in [0, 0.1) is 0 Å². The highest BCUT2D eigenvalue weighted by Crippen LogP contribution is 2.26. The van der Waals surface area contributed by atoms with Gasteiger partial charge in [-0.2, -0.15) is 19.6 Å². The van der Waals surface area contributed by atoms with E-state index in [1.54, 1.807) is 48.8 Å². The highest BCUT2D eigenvalue weighted by atomic mass is 32.2. The summed E-state index contributed by atoms with van der Waals surface area (Å²) >= 11 is 0. The van der Waals surface area contributed by atoms with E-state index in [-0.39, 0.29) is 11.6 Å². The number of anilines is 2. The normalized spacial score (nSPS) is 11.8. The molecule has 5 aromatic rings. The number of nitrogens with one attached hydrogen (secondary N) is 2. The lowest BCUT2D eigenvalue weighted by molar-refractivity contribution is 0.587. The van der Waals surface area contributed by atoms with Crippen LogP contribution in [0.2, 0.25) is 0 Å². The summed E-state index contributed by atoms with van der Waals surface area (Å²) in [6.07, 6.45) is 5.88. The molecule has 0 amide bonds. The molecule has 0 fully saturated rings. The van der Waals surface area contributed by atoms with Gasteiger partial charge in [0, 0.05) is 24.5 Å². The van der Waals surface area contributed by atoms with Crippen molar-refractivity contribution in [2.75, 3.05) is 9.44 Å². The Labute approximate surface area is 206 Å². The van der Waals surface area contributed by atoms with Gasteiger partial charge in [-0.15, -0.1) is 0 Å². The Morgan fingerprint density at radius 2 is 0.944 bits per heavy atom. The molecule has 0 saturated heterocycles. The second-order valence-corrected chi connectivity index (χ2v) is 10.6. The Kier molecular flexibility index (Phi) is 5.95. The van der Waals surface area contributed by atoms with Crippen LogP contribution < -0.4 is 9.44 Å². The number of aromatic nitrogens is 6. The smallest absolute Gasteiger partial charge is 0.263 e. The van der Waals surface area contributed by atoms with Crippen LogP contribution in [0.1, 0.15) is 0 Å². The van der Waals surface area contributed by atoms with Gasteiger partial charge in [-0.05, 0) is 36.4 Å². The molecule has 14 heteroatoms. The van der Waals surface area contributed by atoms with Crippen LogP contribution in [0.15, 0.2) is 107 Å². The van der Waals surface area contributed by atoms with E-state index in [4.69, 9.17) is 0 Å². The minimum absolute atomic E-state index is 0.0853. The topological polar surface area (TPSA) is 154 Å². The summed E-state index contributed by atoms with van der Waals surface area (Å²) in [4.78, 5) is 7.43. The number of sulfonamides is 2. The van der Waals surface area contributed by atoms with Crippen molar-refractivity contribution in [3.63, 3.8) is 0 Å². The fraction of sp³-hybridized carbons (Fsp3) is 0. The van der Waals surface area contributed by atoms with Crippen molar-refractivity contribution in [3.05, 3.63) is 97.6 Å². The van der Waals surface area contributed by atoms with E-state index in [1.165, 1.54) is 58.2 Å². The maximum Gasteiger partial charge on any atom is 0.264 e. The molecule has 2 N–H and O–H groups in total. The summed E-state index contributed by atoms with van der Waals surface area (Å²) in [5, 5.41) is 8.21. The first kappa shape index (κ1) is 23.2. The molecule has 1 aromatic carbocycles. The average molecular weight is 523 g/mol. The Morgan fingerprint density at radius 1 is 0.528 bits per heavy atom. The third-order valence-corrected chi connectivity index (χ3v) is 7.88. The number of pyridine rings is 2. The molecule has 5 rings (SSSR count). The van der Waals surface area contributed by atoms with Crippen molar-refractivity contribution in [3.8, 4) is 11.6 Å². The first-order valence-electron chi connectivity index (χ1n) is 10.4. The van der Waals surface area contributed by atoms with E-state index in [1.807, 2.05) is 0 Å². The van der Waals surface area contributed by atoms with Crippen LogP contribution >= 0.6 is 0 Å². The van der Waals surface area contributed by atoms with E-state index in [0.29, 0.717) is 11.6 Å². The molecule has 0 atom stereocenters. The first-order chi connectivity index (χ1) is 17.4. The second-order valence-electron chi connectivity index (χ2n) is 7.29. The van der Waals surface area contributed by atoms with Gasteiger partial charge in [0.25, 0.3) is 20.0 Å². The van der Waals surface area contributed by atoms with Gasteiger partial charge in [-0.25, -0.2) is 26.8 Å². The predicted octanol–water partition coefficient (Wildman–Crippen LogP) is 2.45. The highest BCUT2D eigenvalue weighted by molar-refractivity contribution is 7.95. The van der Waals surface area contributed by atoms with Crippen LogP contribution in [0.4, 0.5) is 11.6 Å². The minimum atomic E-state index is -4.36. The summed E-state index contributed by atoms with van der Waals surface area (Å²) in [5.41, 5.74) is 0. The van der Waals surface area contributed by atoms with E-state index in [0.717, 1.165) is 0 Å². The second kappa shape index (κ2) is 9.24. The maximum absolute atomic E-state index is 13.3. The Balaban J connectivity index is 1.49. The standard InChI is InChI=1S/C22H18N8O4S2/c31-35(32,27-21-11-15-25-29(21)19-9-3-5-13-23-19)17-7-1-2-8-18(17)36(33,34)28-22-12-16-26-30(22)20-10-4-6-14-24-20/h1-16,27-28H. The maximum atomic E-state index is 13.3. The number of nitrogens with zero attached hydrogens (tertiary/aromatic N) is 6. The van der Waals surface area contributed by atoms with Crippen molar-refractivity contribution in [2.45, 2.75) is 9.79 Å².